The van der Waals surface area contributed by atoms with Crippen LogP contribution in [-0.4, -0.2) is 27.6 Å². The molecule has 0 fully saturated rings. The number of benzene rings is 1. The molecule has 6 heteroatoms. The molecule has 0 aliphatic carbocycles. The zero-order valence-corrected chi connectivity index (χ0v) is 10.4. The lowest BCUT2D eigenvalue weighted by Crippen LogP contribution is -2.25. The van der Waals surface area contributed by atoms with E-state index in [0.29, 0.717) is 24.4 Å². The molecule has 0 radical (unpaired) electrons. The van der Waals surface area contributed by atoms with Crippen LogP contribution in [-0.2, 0) is 12.3 Å². The van der Waals surface area contributed by atoms with Gasteiger partial charge in [0.1, 0.15) is 12.2 Å². The van der Waals surface area contributed by atoms with Crippen molar-refractivity contribution in [3.05, 3.63) is 47.5 Å². The molecular weight excluding hydrogens is 252 g/mol. The van der Waals surface area contributed by atoms with Crippen molar-refractivity contribution in [1.82, 2.24) is 20.5 Å². The topological polar surface area (TPSA) is 70.7 Å². The van der Waals surface area contributed by atoms with E-state index in [4.69, 9.17) is 11.6 Å². The van der Waals surface area contributed by atoms with Crippen LogP contribution in [0.5, 0.6) is 0 Å². The van der Waals surface area contributed by atoms with E-state index in [1.54, 1.807) is 12.1 Å². The second-order valence-electron chi connectivity index (χ2n) is 3.77. The molecule has 1 amide bonds. The molecule has 1 aromatic heterocycles. The Balaban J connectivity index is 1.83. The number of aromatic nitrogens is 3. The summed E-state index contributed by atoms with van der Waals surface area (Å²) in [6.45, 7) is 0.519. The van der Waals surface area contributed by atoms with Crippen LogP contribution in [0.4, 0.5) is 0 Å². The molecule has 18 heavy (non-hydrogen) atoms. The molecule has 2 aromatic rings. The molecule has 2 rings (SSSR count). The van der Waals surface area contributed by atoms with Crippen molar-refractivity contribution in [2.24, 2.45) is 0 Å². The third-order valence-electron chi connectivity index (χ3n) is 2.48. The number of halogens is 1. The maximum absolute atomic E-state index is 11.8. The number of rotatable bonds is 5. The molecule has 0 aliphatic heterocycles. The van der Waals surface area contributed by atoms with Gasteiger partial charge in [-0.15, -0.1) is 11.6 Å². The van der Waals surface area contributed by atoms with E-state index in [2.05, 4.69) is 20.5 Å². The minimum absolute atomic E-state index is 0.101. The summed E-state index contributed by atoms with van der Waals surface area (Å²) in [5, 5.41) is 9.29. The van der Waals surface area contributed by atoms with Crippen LogP contribution < -0.4 is 5.32 Å². The van der Waals surface area contributed by atoms with Crippen LogP contribution >= 0.6 is 11.6 Å². The van der Waals surface area contributed by atoms with Gasteiger partial charge in [-0.2, -0.15) is 5.10 Å². The van der Waals surface area contributed by atoms with E-state index in [-0.39, 0.29) is 5.91 Å². The first-order valence-corrected chi connectivity index (χ1v) is 6.10. The summed E-state index contributed by atoms with van der Waals surface area (Å²) in [4.78, 5) is 15.8. The Hall–Kier alpha value is -1.88. The van der Waals surface area contributed by atoms with Crippen molar-refractivity contribution >= 4 is 17.5 Å². The standard InChI is InChI=1S/C12H13ClN4O/c13-7-9-1-3-10(4-2-9)12(18)14-6-5-11-15-8-16-17-11/h1-4,8H,5-7H2,(H,14,18)(H,15,16,17). The van der Waals surface area contributed by atoms with Gasteiger partial charge in [0.05, 0.1) is 0 Å². The molecular formula is C12H13ClN4O. The van der Waals surface area contributed by atoms with E-state index in [0.717, 1.165) is 11.4 Å². The van der Waals surface area contributed by atoms with Crippen molar-refractivity contribution in [2.45, 2.75) is 12.3 Å². The molecule has 0 saturated heterocycles. The lowest BCUT2D eigenvalue weighted by Gasteiger charge is -2.04. The van der Waals surface area contributed by atoms with Gasteiger partial charge in [0.25, 0.3) is 5.91 Å². The third kappa shape index (κ3) is 3.30. The number of nitrogens with one attached hydrogen (secondary N) is 2. The first-order valence-electron chi connectivity index (χ1n) is 5.57. The van der Waals surface area contributed by atoms with Crippen molar-refractivity contribution in [1.29, 1.82) is 0 Å². The number of aromatic amines is 1. The van der Waals surface area contributed by atoms with Gasteiger partial charge >= 0.3 is 0 Å². The van der Waals surface area contributed by atoms with Gasteiger partial charge in [0, 0.05) is 24.4 Å². The Morgan fingerprint density at radius 2 is 2.11 bits per heavy atom. The molecule has 2 N–H and O–H groups in total. The average molecular weight is 265 g/mol. The fourth-order valence-corrected chi connectivity index (χ4v) is 1.67. The van der Waals surface area contributed by atoms with Crippen LogP contribution in [0.1, 0.15) is 21.7 Å². The second kappa shape index (κ2) is 6.16. The molecule has 1 aromatic carbocycles. The highest BCUT2D eigenvalue weighted by atomic mass is 35.5. The Kier molecular flexibility index (Phi) is 4.30. The number of hydrogen-bond acceptors (Lipinski definition) is 3. The number of carbonyl (C=O) groups excluding carboxylic acids is 1. The molecule has 94 valence electrons. The number of amides is 1. The van der Waals surface area contributed by atoms with E-state index < -0.39 is 0 Å². The quantitative estimate of drug-likeness (QED) is 0.805. The van der Waals surface area contributed by atoms with Gasteiger partial charge in [0.15, 0.2) is 0 Å². The molecule has 0 bridgehead atoms. The van der Waals surface area contributed by atoms with Gasteiger partial charge in [-0.05, 0) is 17.7 Å². The summed E-state index contributed by atoms with van der Waals surface area (Å²) in [6, 6.07) is 7.22. The zero-order chi connectivity index (χ0) is 12.8. The maximum atomic E-state index is 11.8. The van der Waals surface area contributed by atoms with Crippen LogP contribution in [0.3, 0.4) is 0 Å². The molecule has 1 heterocycles. The first-order chi connectivity index (χ1) is 8.79. The van der Waals surface area contributed by atoms with Crippen molar-refractivity contribution in [3.63, 3.8) is 0 Å². The molecule has 0 aliphatic rings. The fourth-order valence-electron chi connectivity index (χ4n) is 1.49. The Morgan fingerprint density at radius 3 is 2.72 bits per heavy atom. The molecule has 0 unspecified atom stereocenters. The van der Waals surface area contributed by atoms with E-state index in [9.17, 15) is 4.79 Å². The molecule has 0 spiro atoms. The summed E-state index contributed by atoms with van der Waals surface area (Å²) < 4.78 is 0. The van der Waals surface area contributed by atoms with Gasteiger partial charge in [0.2, 0.25) is 0 Å². The lowest BCUT2D eigenvalue weighted by atomic mass is 10.1. The highest BCUT2D eigenvalue weighted by Crippen LogP contribution is 2.06. The van der Waals surface area contributed by atoms with Crippen LogP contribution in [0, 0.1) is 0 Å². The summed E-state index contributed by atoms with van der Waals surface area (Å²) in [6.07, 6.45) is 2.08. The minimum atomic E-state index is -0.101. The van der Waals surface area contributed by atoms with Crippen molar-refractivity contribution < 1.29 is 4.79 Å². The molecule has 5 nitrogen and oxygen atoms in total. The SMILES string of the molecule is O=C(NCCc1ncn[nH]1)c1ccc(CCl)cc1. The summed E-state index contributed by atoms with van der Waals surface area (Å²) in [5.41, 5.74) is 1.62. The van der Waals surface area contributed by atoms with Gasteiger partial charge in [-0.25, -0.2) is 4.98 Å². The smallest absolute Gasteiger partial charge is 0.251 e. The predicted molar refractivity (Wildman–Crippen MR) is 68.4 cm³/mol. The third-order valence-corrected chi connectivity index (χ3v) is 2.79. The maximum Gasteiger partial charge on any atom is 0.251 e. The monoisotopic (exact) mass is 264 g/mol. The fraction of sp³-hybridized carbons (Fsp3) is 0.250. The number of nitrogens with zero attached hydrogens (tertiary/aromatic N) is 2. The molecule has 0 atom stereocenters. The zero-order valence-electron chi connectivity index (χ0n) is 9.69. The van der Waals surface area contributed by atoms with E-state index >= 15 is 0 Å². The van der Waals surface area contributed by atoms with Gasteiger partial charge < -0.3 is 5.32 Å². The minimum Gasteiger partial charge on any atom is -0.352 e. The normalized spacial score (nSPS) is 10.3. The number of H-pyrrole nitrogens is 1. The van der Waals surface area contributed by atoms with Crippen molar-refractivity contribution in [2.75, 3.05) is 6.54 Å². The number of carbonyl (C=O) groups is 1. The Morgan fingerprint density at radius 1 is 1.33 bits per heavy atom. The largest absolute Gasteiger partial charge is 0.352 e. The van der Waals surface area contributed by atoms with Gasteiger partial charge in [-0.3, -0.25) is 9.89 Å². The number of hydrogen-bond donors (Lipinski definition) is 2. The van der Waals surface area contributed by atoms with Crippen LogP contribution in [0.15, 0.2) is 30.6 Å². The average Bonchev–Trinajstić information content (AvgIpc) is 2.92. The summed E-state index contributed by atoms with van der Waals surface area (Å²) >= 11 is 5.68. The Labute approximate surface area is 110 Å². The van der Waals surface area contributed by atoms with Crippen LogP contribution in [0.25, 0.3) is 0 Å². The van der Waals surface area contributed by atoms with E-state index in [1.165, 1.54) is 6.33 Å². The van der Waals surface area contributed by atoms with Crippen LogP contribution in [0.2, 0.25) is 0 Å². The summed E-state index contributed by atoms with van der Waals surface area (Å²) in [5.74, 6) is 1.11. The second-order valence-corrected chi connectivity index (χ2v) is 4.04. The first kappa shape index (κ1) is 12.6. The number of alkyl halides is 1. The summed E-state index contributed by atoms with van der Waals surface area (Å²) in [7, 11) is 0. The predicted octanol–water partition coefficient (Wildman–Crippen LogP) is 1.52. The highest BCUT2D eigenvalue weighted by molar-refractivity contribution is 6.17. The lowest BCUT2D eigenvalue weighted by molar-refractivity contribution is 0.0954. The van der Waals surface area contributed by atoms with E-state index in [1.807, 2.05) is 12.1 Å². The highest BCUT2D eigenvalue weighted by Gasteiger charge is 2.05. The molecule has 0 saturated carbocycles. The van der Waals surface area contributed by atoms with Gasteiger partial charge in [-0.1, -0.05) is 12.1 Å². The van der Waals surface area contributed by atoms with Crippen molar-refractivity contribution in [3.8, 4) is 0 Å². The Bertz CT molecular complexity index is 495.